The quantitative estimate of drug-likeness (QED) is 0.581. The highest BCUT2D eigenvalue weighted by Gasteiger charge is 2.22. The fourth-order valence-electron chi connectivity index (χ4n) is 3.98. The molecule has 0 bridgehead atoms. The maximum Gasteiger partial charge on any atom is 0.236 e. The first-order valence-electron chi connectivity index (χ1n) is 10.4. The average molecular weight is 424 g/mol. The lowest BCUT2D eigenvalue weighted by Gasteiger charge is -2.35. The monoisotopic (exact) mass is 423 g/mol. The van der Waals surface area contributed by atoms with Crippen LogP contribution < -0.4 is 4.74 Å². The van der Waals surface area contributed by atoms with E-state index in [1.54, 1.807) is 18.4 Å². The van der Waals surface area contributed by atoms with Gasteiger partial charge in [0.2, 0.25) is 5.91 Å². The number of methoxy groups -OCH3 is 1. The molecule has 1 saturated heterocycles. The molecule has 1 aliphatic rings. The van der Waals surface area contributed by atoms with Gasteiger partial charge in [-0.05, 0) is 53.0 Å². The molecule has 30 heavy (non-hydrogen) atoms. The molecule has 1 fully saturated rings. The van der Waals surface area contributed by atoms with Gasteiger partial charge in [-0.3, -0.25) is 14.6 Å². The second-order valence-electron chi connectivity index (χ2n) is 7.96. The Labute approximate surface area is 182 Å². The molecule has 6 heteroatoms. The van der Waals surface area contributed by atoms with Gasteiger partial charge >= 0.3 is 0 Å². The Morgan fingerprint density at radius 2 is 1.83 bits per heavy atom. The lowest BCUT2D eigenvalue weighted by Crippen LogP contribution is -2.50. The van der Waals surface area contributed by atoms with E-state index in [0.29, 0.717) is 6.54 Å². The summed E-state index contributed by atoms with van der Waals surface area (Å²) in [6.45, 7) is 5.72. The highest BCUT2D eigenvalue weighted by atomic mass is 32.1. The number of rotatable bonds is 7. The van der Waals surface area contributed by atoms with Crippen LogP contribution in [0.25, 0.3) is 10.8 Å². The molecule has 0 N–H and O–H groups in total. The number of nitrogens with zero attached hydrogens (tertiary/aromatic N) is 3. The topological polar surface area (TPSA) is 36.0 Å². The van der Waals surface area contributed by atoms with E-state index in [2.05, 4.69) is 51.6 Å². The molecule has 158 valence electrons. The van der Waals surface area contributed by atoms with Crippen LogP contribution in [-0.4, -0.2) is 67.5 Å². The van der Waals surface area contributed by atoms with E-state index in [0.717, 1.165) is 50.4 Å². The Bertz CT molecular complexity index is 981. The maximum atomic E-state index is 12.8. The van der Waals surface area contributed by atoms with E-state index in [1.807, 2.05) is 24.1 Å². The largest absolute Gasteiger partial charge is 0.497 e. The summed E-state index contributed by atoms with van der Waals surface area (Å²) >= 11 is 1.80. The number of ether oxygens (including phenoxy) is 1. The van der Waals surface area contributed by atoms with Gasteiger partial charge in [0.05, 0.1) is 13.7 Å². The number of benzene rings is 2. The Morgan fingerprint density at radius 3 is 2.57 bits per heavy atom. The molecule has 1 aliphatic heterocycles. The van der Waals surface area contributed by atoms with Crippen molar-refractivity contribution < 1.29 is 9.53 Å². The summed E-state index contributed by atoms with van der Waals surface area (Å²) < 4.78 is 5.30. The molecule has 0 unspecified atom stereocenters. The molecule has 2 heterocycles. The summed E-state index contributed by atoms with van der Waals surface area (Å²) in [7, 11) is 3.70. The van der Waals surface area contributed by atoms with Crippen LogP contribution in [0.2, 0.25) is 0 Å². The number of fused-ring (bicyclic) bond motifs is 1. The zero-order chi connectivity index (χ0) is 20.9. The molecule has 0 saturated carbocycles. The van der Waals surface area contributed by atoms with Gasteiger partial charge in [-0.25, -0.2) is 0 Å². The smallest absolute Gasteiger partial charge is 0.236 e. The minimum absolute atomic E-state index is 0.221. The van der Waals surface area contributed by atoms with Crippen LogP contribution >= 0.6 is 11.3 Å². The lowest BCUT2D eigenvalue weighted by atomic mass is 10.1. The van der Waals surface area contributed by atoms with Gasteiger partial charge in [0.15, 0.2) is 0 Å². The molecule has 0 spiro atoms. The fraction of sp³-hybridized carbons (Fsp3) is 0.375. The van der Waals surface area contributed by atoms with E-state index in [9.17, 15) is 4.79 Å². The van der Waals surface area contributed by atoms with Crippen LogP contribution in [0, 0.1) is 0 Å². The van der Waals surface area contributed by atoms with Crippen molar-refractivity contribution in [1.29, 1.82) is 0 Å². The highest BCUT2D eigenvalue weighted by molar-refractivity contribution is 7.09. The fourth-order valence-corrected chi connectivity index (χ4v) is 4.72. The number of likely N-dealkylation sites (N-methyl/N-ethyl adjacent to an activating group) is 1. The van der Waals surface area contributed by atoms with Crippen molar-refractivity contribution in [2.45, 2.75) is 13.1 Å². The number of amides is 1. The second-order valence-corrected chi connectivity index (χ2v) is 8.99. The number of carbonyl (C=O) groups excluding carboxylic acids is 1. The Kier molecular flexibility index (Phi) is 6.67. The van der Waals surface area contributed by atoms with Crippen molar-refractivity contribution in [3.63, 3.8) is 0 Å². The van der Waals surface area contributed by atoms with Crippen LogP contribution in [0.3, 0.4) is 0 Å². The Morgan fingerprint density at radius 1 is 1.07 bits per heavy atom. The normalized spacial score (nSPS) is 15.1. The van der Waals surface area contributed by atoms with E-state index in [1.165, 1.54) is 15.8 Å². The standard InChI is InChI=1S/C24H29N3O2S/c1-25(16-19-5-6-21-15-22(29-2)8-7-20(21)14-19)18-24(28)27-11-9-26(10-12-27)17-23-4-3-13-30-23/h3-8,13-15H,9-12,16-18H2,1-2H3. The van der Waals surface area contributed by atoms with E-state index in [4.69, 9.17) is 4.74 Å². The summed E-state index contributed by atoms with van der Waals surface area (Å²) in [5.41, 5.74) is 1.21. The molecule has 0 radical (unpaired) electrons. The van der Waals surface area contributed by atoms with Crippen molar-refractivity contribution in [3.8, 4) is 5.75 Å². The third-order valence-corrected chi connectivity index (χ3v) is 6.52. The van der Waals surface area contributed by atoms with Gasteiger partial charge in [-0.15, -0.1) is 11.3 Å². The molecule has 3 aromatic rings. The number of hydrogen-bond acceptors (Lipinski definition) is 5. The highest BCUT2D eigenvalue weighted by Crippen LogP contribution is 2.22. The third-order valence-electron chi connectivity index (χ3n) is 5.65. The zero-order valence-electron chi connectivity index (χ0n) is 17.7. The van der Waals surface area contributed by atoms with E-state index >= 15 is 0 Å². The van der Waals surface area contributed by atoms with Crippen LogP contribution in [0.15, 0.2) is 53.9 Å². The van der Waals surface area contributed by atoms with Crippen molar-refractivity contribution >= 4 is 28.0 Å². The summed E-state index contributed by atoms with van der Waals surface area (Å²) in [6.07, 6.45) is 0. The van der Waals surface area contributed by atoms with Crippen molar-refractivity contribution in [2.24, 2.45) is 0 Å². The average Bonchev–Trinajstić information content (AvgIpc) is 3.26. The van der Waals surface area contributed by atoms with E-state index < -0.39 is 0 Å². The zero-order valence-corrected chi connectivity index (χ0v) is 18.5. The second kappa shape index (κ2) is 9.60. The van der Waals surface area contributed by atoms with Gasteiger partial charge in [0.25, 0.3) is 0 Å². The van der Waals surface area contributed by atoms with Crippen molar-refractivity contribution in [2.75, 3.05) is 46.9 Å². The molecule has 4 rings (SSSR count). The van der Waals surface area contributed by atoms with E-state index in [-0.39, 0.29) is 5.91 Å². The van der Waals surface area contributed by atoms with Crippen LogP contribution in [0.4, 0.5) is 0 Å². The molecular weight excluding hydrogens is 394 g/mol. The summed E-state index contributed by atoms with van der Waals surface area (Å²) in [5.74, 6) is 1.09. The number of thiophene rings is 1. The van der Waals surface area contributed by atoms with Crippen LogP contribution in [-0.2, 0) is 17.9 Å². The predicted octanol–water partition coefficient (Wildman–Crippen LogP) is 3.69. The third kappa shape index (κ3) is 5.19. The molecule has 0 atom stereocenters. The van der Waals surface area contributed by atoms with Gasteiger partial charge < -0.3 is 9.64 Å². The molecule has 5 nitrogen and oxygen atoms in total. The van der Waals surface area contributed by atoms with Crippen LogP contribution in [0.1, 0.15) is 10.4 Å². The minimum Gasteiger partial charge on any atom is -0.497 e. The first kappa shape index (κ1) is 20.8. The minimum atomic E-state index is 0.221. The summed E-state index contributed by atoms with van der Waals surface area (Å²) in [5, 5.41) is 4.48. The SMILES string of the molecule is COc1ccc2cc(CN(C)CC(=O)N3CCN(Cc4cccs4)CC3)ccc2c1. The molecular formula is C24H29N3O2S. The number of hydrogen-bond donors (Lipinski definition) is 0. The van der Waals surface area contributed by atoms with Crippen LogP contribution in [0.5, 0.6) is 5.75 Å². The first-order chi connectivity index (χ1) is 14.6. The van der Waals surface area contributed by atoms with Crippen molar-refractivity contribution in [3.05, 3.63) is 64.4 Å². The summed E-state index contributed by atoms with van der Waals surface area (Å²) in [4.78, 5) is 20.7. The van der Waals surface area contributed by atoms with Gasteiger partial charge in [0.1, 0.15) is 5.75 Å². The first-order valence-corrected chi connectivity index (χ1v) is 11.3. The molecule has 1 aromatic heterocycles. The predicted molar refractivity (Wildman–Crippen MR) is 123 cm³/mol. The molecule has 0 aliphatic carbocycles. The maximum absolute atomic E-state index is 12.8. The van der Waals surface area contributed by atoms with Gasteiger partial charge in [0, 0.05) is 44.1 Å². The summed E-state index contributed by atoms with van der Waals surface area (Å²) in [6, 6.07) is 16.8. The molecule has 2 aromatic carbocycles. The Hall–Kier alpha value is -2.41. The molecule has 1 amide bonds. The van der Waals surface area contributed by atoms with Gasteiger partial charge in [-0.2, -0.15) is 0 Å². The number of piperazine rings is 1. The number of carbonyl (C=O) groups is 1. The van der Waals surface area contributed by atoms with Gasteiger partial charge in [-0.1, -0.05) is 24.3 Å². The Balaban J connectivity index is 1.27. The lowest BCUT2D eigenvalue weighted by molar-refractivity contribution is -0.134. The van der Waals surface area contributed by atoms with Crippen molar-refractivity contribution in [1.82, 2.24) is 14.7 Å².